The first-order valence-electron chi connectivity index (χ1n) is 6.59. The molecule has 1 aromatic rings. The van der Waals surface area contributed by atoms with Crippen molar-refractivity contribution in [2.45, 2.75) is 32.4 Å². The third-order valence-corrected chi connectivity index (χ3v) is 3.26. The van der Waals surface area contributed by atoms with Gasteiger partial charge in [-0.15, -0.1) is 0 Å². The van der Waals surface area contributed by atoms with E-state index >= 15 is 0 Å². The van der Waals surface area contributed by atoms with Gasteiger partial charge in [0.2, 0.25) is 0 Å². The molecule has 0 saturated heterocycles. The molecule has 0 fully saturated rings. The summed E-state index contributed by atoms with van der Waals surface area (Å²) in [5.41, 5.74) is 7.39. The summed E-state index contributed by atoms with van der Waals surface area (Å²) in [5, 5.41) is 8.85. The number of ether oxygens (including phenoxy) is 1. The topological polar surface area (TPSA) is 75.8 Å². The van der Waals surface area contributed by atoms with Crippen LogP contribution in [0.4, 0.5) is 5.69 Å². The molecule has 0 aliphatic carbocycles. The molecule has 19 heavy (non-hydrogen) atoms. The highest BCUT2D eigenvalue weighted by Crippen LogP contribution is 2.35. The molecule has 0 spiro atoms. The summed E-state index contributed by atoms with van der Waals surface area (Å²) < 4.78 is 5.60. The highest BCUT2D eigenvalue weighted by atomic mass is 16.5. The number of carbonyl (C=O) groups excluding carboxylic acids is 1. The first-order chi connectivity index (χ1) is 9.17. The minimum absolute atomic E-state index is 0.0420. The normalized spacial score (nSPS) is 18.2. The molecule has 1 aliphatic rings. The number of amides is 1. The average Bonchev–Trinajstić information content (AvgIpc) is 2.43. The Morgan fingerprint density at radius 3 is 2.89 bits per heavy atom. The second-order valence-electron chi connectivity index (χ2n) is 4.69. The Labute approximate surface area is 113 Å². The molecule has 5 nitrogen and oxygen atoms in total. The smallest absolute Gasteiger partial charge is 0.267 e. The number of carbonyl (C=O) groups is 1. The molecule has 1 atom stereocenters. The SMILES string of the molecule is CC1Oc2ccc(CN)cc2N(CCCCO)C1=O. The zero-order valence-electron chi connectivity index (χ0n) is 11.1. The van der Waals surface area contributed by atoms with Crippen molar-refractivity contribution in [2.24, 2.45) is 5.73 Å². The lowest BCUT2D eigenvalue weighted by Gasteiger charge is -2.33. The lowest BCUT2D eigenvalue weighted by atomic mass is 10.1. The quantitative estimate of drug-likeness (QED) is 0.779. The Morgan fingerprint density at radius 2 is 2.21 bits per heavy atom. The first kappa shape index (κ1) is 13.8. The third-order valence-electron chi connectivity index (χ3n) is 3.26. The average molecular weight is 264 g/mol. The van der Waals surface area contributed by atoms with E-state index in [2.05, 4.69) is 0 Å². The number of fused-ring (bicyclic) bond motifs is 1. The molecule has 3 N–H and O–H groups in total. The van der Waals surface area contributed by atoms with Crippen LogP contribution in [0, 0.1) is 0 Å². The molecule has 0 bridgehead atoms. The fourth-order valence-corrected chi connectivity index (χ4v) is 2.19. The Morgan fingerprint density at radius 1 is 1.42 bits per heavy atom. The Bertz CT molecular complexity index is 462. The molecule has 1 aromatic carbocycles. The van der Waals surface area contributed by atoms with Crippen LogP contribution in [0.3, 0.4) is 0 Å². The predicted octanol–water partition coefficient (Wildman–Crippen LogP) is 1.03. The van der Waals surface area contributed by atoms with Crippen LogP contribution in [0.2, 0.25) is 0 Å². The van der Waals surface area contributed by atoms with Crippen LogP contribution in [0.1, 0.15) is 25.3 Å². The van der Waals surface area contributed by atoms with Gasteiger partial charge in [0.05, 0.1) is 5.69 Å². The zero-order valence-corrected chi connectivity index (χ0v) is 11.1. The zero-order chi connectivity index (χ0) is 13.8. The molecule has 0 saturated carbocycles. The van der Waals surface area contributed by atoms with Gasteiger partial charge in [-0.2, -0.15) is 0 Å². The minimum Gasteiger partial charge on any atom is -0.479 e. The van der Waals surface area contributed by atoms with Crippen LogP contribution in [-0.4, -0.2) is 30.3 Å². The lowest BCUT2D eigenvalue weighted by Crippen LogP contribution is -2.45. The summed E-state index contributed by atoms with van der Waals surface area (Å²) in [7, 11) is 0. The second-order valence-corrected chi connectivity index (χ2v) is 4.69. The fraction of sp³-hybridized carbons (Fsp3) is 0.500. The fourth-order valence-electron chi connectivity index (χ4n) is 2.19. The van der Waals surface area contributed by atoms with Crippen LogP contribution >= 0.6 is 0 Å². The third kappa shape index (κ3) is 2.88. The first-order valence-corrected chi connectivity index (χ1v) is 6.59. The van der Waals surface area contributed by atoms with E-state index < -0.39 is 6.10 Å². The number of nitrogens with two attached hydrogens (primary N) is 1. The second kappa shape index (κ2) is 6.04. The summed E-state index contributed by atoms with van der Waals surface area (Å²) in [6.45, 7) is 2.92. The van der Waals surface area contributed by atoms with E-state index in [-0.39, 0.29) is 12.5 Å². The van der Waals surface area contributed by atoms with Crippen LogP contribution in [0.25, 0.3) is 0 Å². The van der Waals surface area contributed by atoms with Crippen molar-refractivity contribution in [1.82, 2.24) is 0 Å². The number of aliphatic hydroxyl groups is 1. The van der Waals surface area contributed by atoms with Crippen LogP contribution in [-0.2, 0) is 11.3 Å². The van der Waals surface area contributed by atoms with Crippen LogP contribution in [0.15, 0.2) is 18.2 Å². The van der Waals surface area contributed by atoms with E-state index in [9.17, 15) is 4.79 Å². The summed E-state index contributed by atoms with van der Waals surface area (Å²) in [5.74, 6) is 0.674. The van der Waals surface area contributed by atoms with Gasteiger partial charge in [0.15, 0.2) is 6.10 Å². The molecule has 1 amide bonds. The summed E-state index contributed by atoms with van der Waals surface area (Å²) in [4.78, 5) is 13.9. The van der Waals surface area contributed by atoms with E-state index in [0.717, 1.165) is 17.7 Å². The Kier molecular flexibility index (Phi) is 4.39. The van der Waals surface area contributed by atoms with E-state index in [4.69, 9.17) is 15.6 Å². The molecule has 0 radical (unpaired) electrons. The largest absolute Gasteiger partial charge is 0.479 e. The van der Waals surface area contributed by atoms with Crippen molar-refractivity contribution in [3.05, 3.63) is 23.8 Å². The maximum Gasteiger partial charge on any atom is 0.267 e. The van der Waals surface area contributed by atoms with E-state index in [1.54, 1.807) is 11.8 Å². The number of benzene rings is 1. The number of hydrogen-bond donors (Lipinski definition) is 2. The highest BCUT2D eigenvalue weighted by Gasteiger charge is 2.31. The molecule has 5 heteroatoms. The van der Waals surface area contributed by atoms with Crippen molar-refractivity contribution in [3.8, 4) is 5.75 Å². The van der Waals surface area contributed by atoms with Gasteiger partial charge < -0.3 is 20.5 Å². The number of rotatable bonds is 5. The van der Waals surface area contributed by atoms with Gasteiger partial charge in [0.1, 0.15) is 5.75 Å². The van der Waals surface area contributed by atoms with E-state index in [0.29, 0.717) is 25.3 Å². The van der Waals surface area contributed by atoms with Gasteiger partial charge in [0, 0.05) is 19.7 Å². The van der Waals surface area contributed by atoms with Crippen molar-refractivity contribution < 1.29 is 14.6 Å². The summed E-state index contributed by atoms with van der Waals surface area (Å²) >= 11 is 0. The maximum atomic E-state index is 12.2. The van der Waals surface area contributed by atoms with Gasteiger partial charge in [-0.3, -0.25) is 4.79 Å². The minimum atomic E-state index is -0.467. The number of aliphatic hydroxyl groups excluding tert-OH is 1. The molecule has 2 rings (SSSR count). The molecule has 104 valence electrons. The molecule has 1 unspecified atom stereocenters. The van der Waals surface area contributed by atoms with Gasteiger partial charge in [-0.25, -0.2) is 0 Å². The van der Waals surface area contributed by atoms with Gasteiger partial charge in [0.25, 0.3) is 5.91 Å². The van der Waals surface area contributed by atoms with Gasteiger partial charge in [-0.05, 0) is 37.5 Å². The summed E-state index contributed by atoms with van der Waals surface area (Å²) in [6.07, 6.45) is 0.983. The predicted molar refractivity (Wildman–Crippen MR) is 73.1 cm³/mol. The lowest BCUT2D eigenvalue weighted by molar-refractivity contribution is -0.125. The maximum absolute atomic E-state index is 12.2. The molecule has 1 heterocycles. The van der Waals surface area contributed by atoms with E-state index in [1.165, 1.54) is 0 Å². The molecular weight excluding hydrogens is 244 g/mol. The number of anilines is 1. The standard InChI is InChI=1S/C14H20N2O3/c1-10-14(18)16(6-2-3-7-17)12-8-11(9-15)4-5-13(12)19-10/h4-5,8,10,17H,2-3,6-7,9,15H2,1H3. The van der Waals surface area contributed by atoms with E-state index in [1.807, 2.05) is 18.2 Å². The Hall–Kier alpha value is -1.59. The van der Waals surface area contributed by atoms with Crippen molar-refractivity contribution in [2.75, 3.05) is 18.1 Å². The van der Waals surface area contributed by atoms with Crippen molar-refractivity contribution in [1.29, 1.82) is 0 Å². The number of nitrogens with zero attached hydrogens (tertiary/aromatic N) is 1. The number of unbranched alkanes of at least 4 members (excludes halogenated alkanes) is 1. The van der Waals surface area contributed by atoms with Gasteiger partial charge >= 0.3 is 0 Å². The molecule has 1 aliphatic heterocycles. The van der Waals surface area contributed by atoms with Crippen LogP contribution < -0.4 is 15.4 Å². The van der Waals surface area contributed by atoms with Crippen LogP contribution in [0.5, 0.6) is 5.75 Å². The van der Waals surface area contributed by atoms with Gasteiger partial charge in [-0.1, -0.05) is 6.07 Å². The van der Waals surface area contributed by atoms with Crippen molar-refractivity contribution in [3.63, 3.8) is 0 Å². The van der Waals surface area contributed by atoms with Crippen molar-refractivity contribution >= 4 is 11.6 Å². The highest BCUT2D eigenvalue weighted by molar-refractivity contribution is 5.99. The molecular formula is C14H20N2O3. The Balaban J connectivity index is 2.27. The monoisotopic (exact) mass is 264 g/mol. The summed E-state index contributed by atoms with van der Waals surface area (Å²) in [6, 6.07) is 5.67. The molecule has 0 aromatic heterocycles. The number of hydrogen-bond acceptors (Lipinski definition) is 4.